The largest absolute Gasteiger partial charge is 0.480 e. The highest BCUT2D eigenvalue weighted by molar-refractivity contribution is 5.82. The molecule has 0 radical (unpaired) electrons. The van der Waals surface area contributed by atoms with Gasteiger partial charge in [0.05, 0.1) is 0 Å². The molecular formula is C11H17F2NO3. The summed E-state index contributed by atoms with van der Waals surface area (Å²) in [6.07, 6.45) is 0.478. The molecule has 98 valence electrons. The fourth-order valence-corrected chi connectivity index (χ4v) is 2.14. The molecular weight excluding hydrogens is 232 g/mol. The second-order valence-electron chi connectivity index (χ2n) is 4.63. The predicted octanol–water partition coefficient (Wildman–Crippen LogP) is 1.79. The van der Waals surface area contributed by atoms with Crippen LogP contribution >= 0.6 is 0 Å². The van der Waals surface area contributed by atoms with Crippen molar-refractivity contribution in [2.75, 3.05) is 0 Å². The summed E-state index contributed by atoms with van der Waals surface area (Å²) >= 11 is 0. The highest BCUT2D eigenvalue weighted by Crippen LogP contribution is 2.37. The zero-order valence-electron chi connectivity index (χ0n) is 9.71. The van der Waals surface area contributed by atoms with E-state index in [-0.39, 0.29) is 25.2 Å². The maximum Gasteiger partial charge on any atom is 0.326 e. The molecule has 1 saturated carbocycles. The Morgan fingerprint density at radius 1 is 1.41 bits per heavy atom. The first-order valence-corrected chi connectivity index (χ1v) is 5.68. The van der Waals surface area contributed by atoms with Gasteiger partial charge in [-0.1, -0.05) is 0 Å². The predicted molar refractivity (Wildman–Crippen MR) is 56.8 cm³/mol. The minimum atomic E-state index is -2.61. The van der Waals surface area contributed by atoms with Gasteiger partial charge in [0.15, 0.2) is 0 Å². The number of rotatable bonds is 4. The minimum absolute atomic E-state index is 0.0532. The van der Waals surface area contributed by atoms with E-state index < -0.39 is 23.8 Å². The third-order valence-corrected chi connectivity index (χ3v) is 3.08. The molecule has 4 nitrogen and oxygen atoms in total. The number of amides is 1. The molecule has 1 atom stereocenters. The van der Waals surface area contributed by atoms with E-state index in [9.17, 15) is 18.4 Å². The Labute approximate surface area is 98.4 Å². The second-order valence-corrected chi connectivity index (χ2v) is 4.63. The summed E-state index contributed by atoms with van der Waals surface area (Å²) in [6, 6.07) is -0.968. The fraction of sp³-hybridized carbons (Fsp3) is 0.818. The third-order valence-electron chi connectivity index (χ3n) is 3.08. The van der Waals surface area contributed by atoms with Gasteiger partial charge in [0, 0.05) is 19.8 Å². The van der Waals surface area contributed by atoms with Gasteiger partial charge in [-0.25, -0.2) is 13.6 Å². The third kappa shape index (κ3) is 4.66. The number of carbonyl (C=O) groups excluding carboxylic acids is 1. The molecule has 1 aliphatic carbocycles. The standard InChI is InChI=1S/C11H17F2NO3/c1-7(15)14-9(10(16)17)6-8-2-4-11(12,13)5-3-8/h8-9H,2-6H2,1H3,(H,14,15)(H,16,17)/t9-/m0/s1. The summed E-state index contributed by atoms with van der Waals surface area (Å²) in [5, 5.41) is 11.2. The van der Waals surface area contributed by atoms with Crippen LogP contribution in [0.4, 0.5) is 8.78 Å². The summed E-state index contributed by atoms with van der Waals surface area (Å²) in [4.78, 5) is 21.7. The summed E-state index contributed by atoms with van der Waals surface area (Å²) in [7, 11) is 0. The van der Waals surface area contributed by atoms with Crippen LogP contribution in [0.15, 0.2) is 0 Å². The number of carbonyl (C=O) groups is 2. The van der Waals surface area contributed by atoms with Crippen LogP contribution in [-0.2, 0) is 9.59 Å². The maximum atomic E-state index is 12.9. The Balaban J connectivity index is 2.46. The van der Waals surface area contributed by atoms with Crippen LogP contribution in [-0.4, -0.2) is 28.9 Å². The van der Waals surface area contributed by atoms with E-state index in [4.69, 9.17) is 5.11 Å². The van der Waals surface area contributed by atoms with Gasteiger partial charge in [-0.05, 0) is 25.2 Å². The lowest BCUT2D eigenvalue weighted by Crippen LogP contribution is -2.41. The number of alkyl halides is 2. The van der Waals surface area contributed by atoms with Crippen molar-refractivity contribution < 1.29 is 23.5 Å². The number of aliphatic carboxylic acids is 1. The van der Waals surface area contributed by atoms with Gasteiger partial charge in [0.25, 0.3) is 0 Å². The van der Waals surface area contributed by atoms with Gasteiger partial charge >= 0.3 is 5.97 Å². The number of carboxylic acids is 1. The van der Waals surface area contributed by atoms with Crippen molar-refractivity contribution in [3.63, 3.8) is 0 Å². The molecule has 6 heteroatoms. The Morgan fingerprint density at radius 2 is 1.94 bits per heavy atom. The summed E-state index contributed by atoms with van der Waals surface area (Å²) in [6.45, 7) is 1.24. The molecule has 0 heterocycles. The van der Waals surface area contributed by atoms with E-state index in [1.54, 1.807) is 0 Å². The topological polar surface area (TPSA) is 66.4 Å². The molecule has 1 amide bonds. The molecule has 0 bridgehead atoms. The minimum Gasteiger partial charge on any atom is -0.480 e. The molecule has 0 aliphatic heterocycles. The lowest BCUT2D eigenvalue weighted by atomic mass is 9.83. The molecule has 0 unspecified atom stereocenters. The average Bonchev–Trinajstić information content (AvgIpc) is 2.19. The van der Waals surface area contributed by atoms with Crippen molar-refractivity contribution in [2.24, 2.45) is 5.92 Å². The van der Waals surface area contributed by atoms with Crippen LogP contribution in [0.5, 0.6) is 0 Å². The van der Waals surface area contributed by atoms with Crippen LogP contribution in [0.2, 0.25) is 0 Å². The van der Waals surface area contributed by atoms with Gasteiger partial charge in [0.2, 0.25) is 11.8 Å². The lowest BCUT2D eigenvalue weighted by Gasteiger charge is -2.29. The van der Waals surface area contributed by atoms with Crippen molar-refractivity contribution in [1.29, 1.82) is 0 Å². The molecule has 0 aromatic carbocycles. The number of carboxylic acid groups (broad SMARTS) is 1. The van der Waals surface area contributed by atoms with Crippen LogP contribution in [0, 0.1) is 5.92 Å². The second kappa shape index (κ2) is 5.42. The van der Waals surface area contributed by atoms with E-state index >= 15 is 0 Å². The van der Waals surface area contributed by atoms with E-state index in [0.717, 1.165) is 0 Å². The van der Waals surface area contributed by atoms with E-state index in [0.29, 0.717) is 12.8 Å². The van der Waals surface area contributed by atoms with Crippen molar-refractivity contribution in [3.8, 4) is 0 Å². The zero-order chi connectivity index (χ0) is 13.1. The first-order chi connectivity index (χ1) is 7.80. The molecule has 1 aliphatic rings. The molecule has 17 heavy (non-hydrogen) atoms. The maximum absolute atomic E-state index is 12.9. The number of hydrogen-bond donors (Lipinski definition) is 2. The van der Waals surface area contributed by atoms with Gasteiger partial charge in [0.1, 0.15) is 6.04 Å². The van der Waals surface area contributed by atoms with Crippen molar-refractivity contribution in [3.05, 3.63) is 0 Å². The van der Waals surface area contributed by atoms with Crippen molar-refractivity contribution in [1.82, 2.24) is 5.32 Å². The van der Waals surface area contributed by atoms with Gasteiger partial charge in [-0.3, -0.25) is 4.79 Å². The number of halogens is 2. The monoisotopic (exact) mass is 249 g/mol. The van der Waals surface area contributed by atoms with Crippen molar-refractivity contribution in [2.45, 2.75) is 51.0 Å². The molecule has 0 aromatic heterocycles. The number of nitrogens with one attached hydrogen (secondary N) is 1. The summed E-state index contributed by atoms with van der Waals surface area (Å²) in [5.41, 5.74) is 0. The molecule has 0 saturated heterocycles. The quantitative estimate of drug-likeness (QED) is 0.798. The van der Waals surface area contributed by atoms with Crippen LogP contribution in [0.1, 0.15) is 39.0 Å². The van der Waals surface area contributed by atoms with E-state index in [1.165, 1.54) is 6.92 Å². The number of hydrogen-bond acceptors (Lipinski definition) is 2. The summed E-state index contributed by atoms with van der Waals surface area (Å²) in [5.74, 6) is -4.19. The first kappa shape index (κ1) is 13.9. The molecule has 1 rings (SSSR count). The lowest BCUT2D eigenvalue weighted by molar-refractivity contribution is -0.142. The normalized spacial score (nSPS) is 21.8. The van der Waals surface area contributed by atoms with Gasteiger partial charge in [-0.15, -0.1) is 0 Å². The smallest absolute Gasteiger partial charge is 0.326 e. The first-order valence-electron chi connectivity index (χ1n) is 5.68. The highest BCUT2D eigenvalue weighted by atomic mass is 19.3. The van der Waals surface area contributed by atoms with Crippen LogP contribution in [0.3, 0.4) is 0 Å². The summed E-state index contributed by atoms with van der Waals surface area (Å²) < 4.78 is 25.8. The zero-order valence-corrected chi connectivity index (χ0v) is 9.71. The molecule has 0 spiro atoms. The van der Waals surface area contributed by atoms with Gasteiger partial charge in [-0.2, -0.15) is 0 Å². The van der Waals surface area contributed by atoms with Gasteiger partial charge < -0.3 is 10.4 Å². The molecule has 2 N–H and O–H groups in total. The Morgan fingerprint density at radius 3 is 2.35 bits per heavy atom. The van der Waals surface area contributed by atoms with Crippen molar-refractivity contribution >= 4 is 11.9 Å². The Kier molecular flexibility index (Phi) is 4.42. The van der Waals surface area contributed by atoms with E-state index in [2.05, 4.69) is 5.32 Å². The SMILES string of the molecule is CC(=O)N[C@@H](CC1CCC(F)(F)CC1)C(=O)O. The Hall–Kier alpha value is -1.20. The fourth-order valence-electron chi connectivity index (χ4n) is 2.14. The average molecular weight is 249 g/mol. The van der Waals surface area contributed by atoms with E-state index in [1.807, 2.05) is 0 Å². The highest BCUT2D eigenvalue weighted by Gasteiger charge is 2.36. The molecule has 0 aromatic rings. The molecule has 1 fully saturated rings. The Bertz CT molecular complexity index is 297. The van der Waals surface area contributed by atoms with Crippen LogP contribution < -0.4 is 5.32 Å². The van der Waals surface area contributed by atoms with Crippen LogP contribution in [0.25, 0.3) is 0 Å².